The van der Waals surface area contributed by atoms with Gasteiger partial charge in [0.1, 0.15) is 11.6 Å². The maximum atomic E-state index is 13.0. The fourth-order valence-corrected chi connectivity index (χ4v) is 4.13. The number of nitrogen functional groups attached to an aromatic ring is 1. The zero-order valence-electron chi connectivity index (χ0n) is 18.5. The summed E-state index contributed by atoms with van der Waals surface area (Å²) in [6, 6.07) is 14.8. The molecule has 2 atom stereocenters. The maximum Gasteiger partial charge on any atom is 0.255 e. The Labute approximate surface area is 188 Å². The van der Waals surface area contributed by atoms with Crippen molar-refractivity contribution >= 4 is 11.7 Å². The van der Waals surface area contributed by atoms with Crippen molar-refractivity contribution in [2.75, 3.05) is 5.73 Å². The number of pyridine rings is 1. The minimum Gasteiger partial charge on any atom is -0.508 e. The van der Waals surface area contributed by atoms with Crippen molar-refractivity contribution in [1.82, 2.24) is 10.3 Å². The molecule has 0 spiro atoms. The highest BCUT2D eigenvalue weighted by Crippen LogP contribution is 2.27. The van der Waals surface area contributed by atoms with Crippen LogP contribution in [0.3, 0.4) is 0 Å². The van der Waals surface area contributed by atoms with Gasteiger partial charge in [0.25, 0.3) is 5.91 Å². The summed E-state index contributed by atoms with van der Waals surface area (Å²) in [4.78, 5) is 17.2. The van der Waals surface area contributed by atoms with Gasteiger partial charge in [0.05, 0.1) is 24.3 Å². The van der Waals surface area contributed by atoms with Gasteiger partial charge in [-0.05, 0) is 73.6 Å². The second kappa shape index (κ2) is 9.40. The molecular formula is C26H29N3O3. The van der Waals surface area contributed by atoms with Gasteiger partial charge in [0, 0.05) is 11.8 Å². The Kier molecular flexibility index (Phi) is 6.42. The SMILES string of the molecule is Cc1ccc(CO[C@H]2CCC[C@@H]2NC(=O)c2cc(-c3cccc(O)c3)cnc2N)cc1C. The van der Waals surface area contributed by atoms with Crippen LogP contribution in [0.4, 0.5) is 5.82 Å². The average Bonchev–Trinajstić information content (AvgIpc) is 3.21. The van der Waals surface area contributed by atoms with Gasteiger partial charge in [0.15, 0.2) is 0 Å². The fraction of sp³-hybridized carbons (Fsp3) is 0.308. The molecule has 1 heterocycles. The molecule has 6 heteroatoms. The first-order valence-electron chi connectivity index (χ1n) is 10.9. The lowest BCUT2D eigenvalue weighted by Crippen LogP contribution is -2.41. The smallest absolute Gasteiger partial charge is 0.255 e. The van der Waals surface area contributed by atoms with Crippen LogP contribution in [0.1, 0.15) is 46.3 Å². The Hall–Kier alpha value is -3.38. The van der Waals surface area contributed by atoms with Crippen LogP contribution in [0, 0.1) is 13.8 Å². The van der Waals surface area contributed by atoms with E-state index in [1.165, 1.54) is 11.1 Å². The Bertz CT molecular complexity index is 1130. The van der Waals surface area contributed by atoms with Gasteiger partial charge < -0.3 is 20.9 Å². The molecule has 1 aromatic heterocycles. The molecule has 3 aromatic rings. The summed E-state index contributed by atoms with van der Waals surface area (Å²) in [5.41, 5.74) is 11.5. The molecule has 1 saturated carbocycles. The Balaban J connectivity index is 1.44. The van der Waals surface area contributed by atoms with Crippen LogP contribution in [0.2, 0.25) is 0 Å². The van der Waals surface area contributed by atoms with Crippen LogP contribution in [-0.2, 0) is 11.3 Å². The van der Waals surface area contributed by atoms with Crippen LogP contribution in [0.5, 0.6) is 5.75 Å². The lowest BCUT2D eigenvalue weighted by molar-refractivity contribution is 0.0272. The standard InChI is InChI=1S/C26H29N3O3/c1-16-9-10-18(11-17(16)2)15-32-24-8-4-7-23(24)29-26(31)22-13-20(14-28-25(22)27)19-5-3-6-21(30)12-19/h3,5-6,9-14,23-24,30H,4,7-8,15H2,1-2H3,(H2,27,28)(H,29,31)/t23-,24-/m0/s1. The van der Waals surface area contributed by atoms with Crippen LogP contribution >= 0.6 is 0 Å². The van der Waals surface area contributed by atoms with E-state index in [0.717, 1.165) is 30.4 Å². The number of hydrogen-bond donors (Lipinski definition) is 3. The molecular weight excluding hydrogens is 402 g/mol. The van der Waals surface area contributed by atoms with Crippen molar-refractivity contribution < 1.29 is 14.6 Å². The van der Waals surface area contributed by atoms with E-state index in [1.807, 2.05) is 6.07 Å². The highest BCUT2D eigenvalue weighted by molar-refractivity contribution is 5.99. The van der Waals surface area contributed by atoms with E-state index in [1.54, 1.807) is 30.5 Å². The number of nitrogens with one attached hydrogen (secondary N) is 1. The number of phenols is 1. The number of aryl methyl sites for hydroxylation is 2. The number of amides is 1. The topological polar surface area (TPSA) is 97.5 Å². The molecule has 0 aliphatic heterocycles. The van der Waals surface area contributed by atoms with Crippen molar-refractivity contribution in [1.29, 1.82) is 0 Å². The molecule has 1 amide bonds. The van der Waals surface area contributed by atoms with Gasteiger partial charge in [-0.15, -0.1) is 0 Å². The molecule has 1 fully saturated rings. The van der Waals surface area contributed by atoms with E-state index >= 15 is 0 Å². The van der Waals surface area contributed by atoms with E-state index < -0.39 is 0 Å². The summed E-state index contributed by atoms with van der Waals surface area (Å²) in [5.74, 6) is 0.0701. The van der Waals surface area contributed by atoms with Crippen LogP contribution in [-0.4, -0.2) is 28.1 Å². The van der Waals surface area contributed by atoms with Gasteiger partial charge in [-0.1, -0.05) is 30.3 Å². The Morgan fingerprint density at radius 2 is 1.97 bits per heavy atom. The van der Waals surface area contributed by atoms with Gasteiger partial charge in [-0.3, -0.25) is 4.79 Å². The third-order valence-corrected chi connectivity index (χ3v) is 6.15. The number of carbonyl (C=O) groups is 1. The van der Waals surface area contributed by atoms with Gasteiger partial charge in [0.2, 0.25) is 0 Å². The molecule has 4 rings (SSSR count). The number of aromatic hydroxyl groups is 1. The average molecular weight is 432 g/mol. The second-order valence-electron chi connectivity index (χ2n) is 8.49. The quantitative estimate of drug-likeness (QED) is 0.533. The van der Waals surface area contributed by atoms with Crippen molar-refractivity contribution in [3.05, 3.63) is 77.0 Å². The number of phenolic OH excluding ortho intramolecular Hbond substituents is 1. The molecule has 6 nitrogen and oxygen atoms in total. The maximum absolute atomic E-state index is 13.0. The van der Waals surface area contributed by atoms with Crippen molar-refractivity contribution in [3.8, 4) is 16.9 Å². The monoisotopic (exact) mass is 431 g/mol. The Morgan fingerprint density at radius 1 is 1.12 bits per heavy atom. The number of aromatic nitrogens is 1. The molecule has 0 bridgehead atoms. The summed E-state index contributed by atoms with van der Waals surface area (Å²) in [5, 5.41) is 12.8. The normalized spacial score (nSPS) is 17.9. The summed E-state index contributed by atoms with van der Waals surface area (Å²) < 4.78 is 6.18. The first-order chi connectivity index (χ1) is 15.4. The lowest BCUT2D eigenvalue weighted by atomic mass is 10.0. The summed E-state index contributed by atoms with van der Waals surface area (Å²) in [6.07, 6.45) is 4.34. The Morgan fingerprint density at radius 3 is 2.75 bits per heavy atom. The number of nitrogens with zero attached hydrogens (tertiary/aromatic N) is 1. The lowest BCUT2D eigenvalue weighted by Gasteiger charge is -2.22. The zero-order valence-corrected chi connectivity index (χ0v) is 18.5. The van der Waals surface area contributed by atoms with Crippen molar-refractivity contribution in [2.45, 2.75) is 51.9 Å². The summed E-state index contributed by atoms with van der Waals surface area (Å²) >= 11 is 0. The first-order valence-corrected chi connectivity index (χ1v) is 10.9. The molecule has 1 aliphatic rings. The van der Waals surface area contributed by atoms with Gasteiger partial charge >= 0.3 is 0 Å². The number of hydrogen-bond acceptors (Lipinski definition) is 5. The number of benzene rings is 2. The van der Waals surface area contributed by atoms with E-state index in [-0.39, 0.29) is 29.6 Å². The largest absolute Gasteiger partial charge is 0.508 e. The predicted octanol–water partition coefficient (Wildman–Crippen LogP) is 4.52. The number of ether oxygens (including phenoxy) is 1. The molecule has 166 valence electrons. The van der Waals surface area contributed by atoms with Crippen LogP contribution < -0.4 is 11.1 Å². The fourth-order valence-electron chi connectivity index (χ4n) is 4.13. The van der Waals surface area contributed by atoms with E-state index in [4.69, 9.17) is 10.5 Å². The van der Waals surface area contributed by atoms with Gasteiger partial charge in [-0.2, -0.15) is 0 Å². The third-order valence-electron chi connectivity index (χ3n) is 6.15. The van der Waals surface area contributed by atoms with E-state index in [2.05, 4.69) is 42.3 Å². The predicted molar refractivity (Wildman–Crippen MR) is 125 cm³/mol. The molecule has 0 unspecified atom stereocenters. The molecule has 32 heavy (non-hydrogen) atoms. The molecule has 2 aromatic carbocycles. The summed E-state index contributed by atoms with van der Waals surface area (Å²) in [7, 11) is 0. The zero-order chi connectivity index (χ0) is 22.7. The molecule has 1 aliphatic carbocycles. The van der Waals surface area contributed by atoms with Gasteiger partial charge in [-0.25, -0.2) is 4.98 Å². The number of carbonyl (C=O) groups excluding carboxylic acids is 1. The highest BCUT2D eigenvalue weighted by atomic mass is 16.5. The van der Waals surface area contributed by atoms with E-state index in [0.29, 0.717) is 17.7 Å². The minimum atomic E-state index is -0.260. The first kappa shape index (κ1) is 21.8. The van der Waals surface area contributed by atoms with Crippen LogP contribution in [0.15, 0.2) is 54.7 Å². The van der Waals surface area contributed by atoms with E-state index in [9.17, 15) is 9.90 Å². The number of nitrogens with two attached hydrogens (primary N) is 1. The molecule has 0 saturated heterocycles. The highest BCUT2D eigenvalue weighted by Gasteiger charge is 2.30. The second-order valence-corrected chi connectivity index (χ2v) is 8.49. The molecule has 0 radical (unpaired) electrons. The summed E-state index contributed by atoms with van der Waals surface area (Å²) in [6.45, 7) is 4.72. The van der Waals surface area contributed by atoms with Crippen LogP contribution in [0.25, 0.3) is 11.1 Å². The number of rotatable bonds is 6. The van der Waals surface area contributed by atoms with Crippen molar-refractivity contribution in [3.63, 3.8) is 0 Å². The van der Waals surface area contributed by atoms with Crippen molar-refractivity contribution in [2.24, 2.45) is 0 Å². The minimum absolute atomic E-state index is 0.0380. The number of anilines is 1. The molecule has 4 N–H and O–H groups in total. The third kappa shape index (κ3) is 4.92.